The van der Waals surface area contributed by atoms with Crippen molar-refractivity contribution in [3.8, 4) is 5.75 Å². The first-order chi connectivity index (χ1) is 13.8. The predicted molar refractivity (Wildman–Crippen MR) is 112 cm³/mol. The second-order valence-electron chi connectivity index (χ2n) is 6.49. The molecular formula is C21H17N5OS. The number of anilines is 2. The number of hydrogen-bond acceptors (Lipinski definition) is 7. The molecule has 2 aromatic carbocycles. The molecule has 0 fully saturated rings. The maximum Gasteiger partial charge on any atom is 0.161 e. The molecule has 0 aliphatic carbocycles. The second kappa shape index (κ2) is 7.01. The van der Waals surface area contributed by atoms with E-state index in [4.69, 9.17) is 9.72 Å². The van der Waals surface area contributed by atoms with E-state index >= 15 is 0 Å². The number of methoxy groups -OCH3 is 1. The third kappa shape index (κ3) is 3.10. The largest absolute Gasteiger partial charge is 0.495 e. The zero-order valence-corrected chi connectivity index (χ0v) is 16.0. The Bertz CT molecular complexity index is 1190. The van der Waals surface area contributed by atoms with E-state index in [1.54, 1.807) is 24.8 Å². The van der Waals surface area contributed by atoms with Crippen LogP contribution in [0.15, 0.2) is 53.8 Å². The molecule has 7 heteroatoms. The highest BCUT2D eigenvalue weighted by atomic mass is 32.1. The summed E-state index contributed by atoms with van der Waals surface area (Å²) in [5, 5.41) is 4.39. The Morgan fingerprint density at radius 1 is 1.14 bits per heavy atom. The summed E-state index contributed by atoms with van der Waals surface area (Å²) in [6.45, 7) is 0.693. The van der Waals surface area contributed by atoms with Crippen molar-refractivity contribution in [1.82, 2.24) is 15.0 Å². The van der Waals surface area contributed by atoms with E-state index < -0.39 is 0 Å². The SMILES string of the molecule is COc1cc2c(cc1Nc1ncnc3sc(Cc4ccccc4)nc13)C=NC2. The number of aliphatic imine (C=N–C) groups is 1. The number of benzene rings is 2. The Hall–Kier alpha value is -3.32. The molecule has 0 amide bonds. The summed E-state index contributed by atoms with van der Waals surface area (Å²) in [5.74, 6) is 1.43. The quantitative estimate of drug-likeness (QED) is 0.551. The molecule has 28 heavy (non-hydrogen) atoms. The third-order valence-electron chi connectivity index (χ3n) is 4.64. The Balaban J connectivity index is 1.51. The van der Waals surface area contributed by atoms with Gasteiger partial charge >= 0.3 is 0 Å². The fourth-order valence-electron chi connectivity index (χ4n) is 3.27. The summed E-state index contributed by atoms with van der Waals surface area (Å²) in [7, 11) is 1.67. The Kier molecular flexibility index (Phi) is 4.21. The van der Waals surface area contributed by atoms with Gasteiger partial charge in [0.05, 0.1) is 24.3 Å². The van der Waals surface area contributed by atoms with Crippen LogP contribution in [-0.2, 0) is 13.0 Å². The molecule has 0 radical (unpaired) electrons. The highest BCUT2D eigenvalue weighted by molar-refractivity contribution is 7.18. The summed E-state index contributed by atoms with van der Waals surface area (Å²) < 4.78 is 5.56. The first kappa shape index (κ1) is 16.8. The van der Waals surface area contributed by atoms with Gasteiger partial charge in [-0.05, 0) is 28.8 Å². The second-order valence-corrected chi connectivity index (χ2v) is 7.55. The van der Waals surface area contributed by atoms with Gasteiger partial charge < -0.3 is 10.1 Å². The maximum atomic E-state index is 5.56. The maximum absolute atomic E-state index is 5.56. The van der Waals surface area contributed by atoms with Crippen LogP contribution < -0.4 is 10.1 Å². The molecule has 1 aliphatic heterocycles. The first-order valence-electron chi connectivity index (χ1n) is 8.92. The normalized spacial score (nSPS) is 12.3. The molecule has 5 rings (SSSR count). The molecule has 1 aliphatic rings. The van der Waals surface area contributed by atoms with Gasteiger partial charge in [-0.15, -0.1) is 0 Å². The van der Waals surface area contributed by atoms with Crippen LogP contribution >= 0.6 is 11.3 Å². The lowest BCUT2D eigenvalue weighted by atomic mass is 10.1. The smallest absolute Gasteiger partial charge is 0.161 e. The zero-order chi connectivity index (χ0) is 18.9. The summed E-state index contributed by atoms with van der Waals surface area (Å²) in [6, 6.07) is 14.4. The van der Waals surface area contributed by atoms with Crippen LogP contribution in [0.5, 0.6) is 5.75 Å². The molecule has 0 atom stereocenters. The lowest BCUT2D eigenvalue weighted by molar-refractivity contribution is 0.416. The van der Waals surface area contributed by atoms with Gasteiger partial charge in [0.1, 0.15) is 22.4 Å². The molecule has 6 nitrogen and oxygen atoms in total. The van der Waals surface area contributed by atoms with Gasteiger partial charge in [0, 0.05) is 12.6 Å². The summed E-state index contributed by atoms with van der Waals surface area (Å²) in [4.78, 5) is 18.8. The Labute approximate surface area is 166 Å². The van der Waals surface area contributed by atoms with Crippen LogP contribution in [0.3, 0.4) is 0 Å². The Morgan fingerprint density at radius 2 is 2.04 bits per heavy atom. The van der Waals surface area contributed by atoms with Gasteiger partial charge in [-0.2, -0.15) is 0 Å². The van der Waals surface area contributed by atoms with E-state index in [-0.39, 0.29) is 0 Å². The van der Waals surface area contributed by atoms with Crippen LogP contribution in [0.2, 0.25) is 0 Å². The zero-order valence-electron chi connectivity index (χ0n) is 15.2. The molecule has 4 aromatic rings. The van der Waals surface area contributed by atoms with E-state index in [0.717, 1.165) is 44.3 Å². The first-order valence-corrected chi connectivity index (χ1v) is 9.74. The van der Waals surface area contributed by atoms with E-state index in [9.17, 15) is 0 Å². The minimum Gasteiger partial charge on any atom is -0.495 e. The van der Waals surface area contributed by atoms with Crippen molar-refractivity contribution in [3.05, 3.63) is 70.5 Å². The van der Waals surface area contributed by atoms with Gasteiger partial charge in [0.2, 0.25) is 0 Å². The topological polar surface area (TPSA) is 72.3 Å². The van der Waals surface area contributed by atoms with Crippen LogP contribution in [0, 0.1) is 0 Å². The predicted octanol–water partition coefficient (Wildman–Crippen LogP) is 4.36. The monoisotopic (exact) mass is 387 g/mol. The molecule has 0 bridgehead atoms. The molecule has 0 unspecified atom stereocenters. The number of rotatable bonds is 5. The van der Waals surface area contributed by atoms with Gasteiger partial charge in [-0.1, -0.05) is 41.7 Å². The number of ether oxygens (including phenoxy) is 1. The molecule has 0 saturated heterocycles. The lowest BCUT2D eigenvalue weighted by Crippen LogP contribution is -2.00. The van der Waals surface area contributed by atoms with E-state index in [1.165, 1.54) is 5.56 Å². The van der Waals surface area contributed by atoms with Crippen LogP contribution in [-0.4, -0.2) is 28.3 Å². The number of fused-ring (bicyclic) bond motifs is 2. The van der Waals surface area contributed by atoms with Crippen molar-refractivity contribution < 1.29 is 4.74 Å². The van der Waals surface area contributed by atoms with Gasteiger partial charge in [0.25, 0.3) is 0 Å². The minimum absolute atomic E-state index is 0.675. The standard InChI is InChI=1S/C21H17N5OS/c1-27-17-9-15-11-22-10-14(15)8-16(17)25-20-19-21(24-12-23-20)28-18(26-19)7-13-5-3-2-4-6-13/h2-6,8-10,12H,7,11H2,1H3,(H,23,24,25). The highest BCUT2D eigenvalue weighted by Gasteiger charge is 2.16. The summed E-state index contributed by atoms with van der Waals surface area (Å²) in [6.07, 6.45) is 4.23. The van der Waals surface area contributed by atoms with Crippen LogP contribution in [0.4, 0.5) is 11.5 Å². The van der Waals surface area contributed by atoms with Crippen molar-refractivity contribution in [1.29, 1.82) is 0 Å². The Morgan fingerprint density at radius 3 is 2.89 bits per heavy atom. The van der Waals surface area contributed by atoms with Crippen molar-refractivity contribution in [3.63, 3.8) is 0 Å². The van der Waals surface area contributed by atoms with Crippen LogP contribution in [0.25, 0.3) is 10.3 Å². The summed E-state index contributed by atoms with van der Waals surface area (Å²) >= 11 is 1.59. The molecule has 0 saturated carbocycles. The lowest BCUT2D eigenvalue weighted by Gasteiger charge is -2.12. The van der Waals surface area contributed by atoms with Crippen molar-refractivity contribution in [2.75, 3.05) is 12.4 Å². The average molecular weight is 387 g/mol. The molecule has 1 N–H and O–H groups in total. The molecule has 0 spiro atoms. The van der Waals surface area contributed by atoms with E-state index in [1.807, 2.05) is 36.5 Å². The number of nitrogens with zero attached hydrogens (tertiary/aromatic N) is 4. The highest BCUT2D eigenvalue weighted by Crippen LogP contribution is 2.34. The van der Waals surface area contributed by atoms with Crippen molar-refractivity contribution >= 4 is 39.4 Å². The average Bonchev–Trinajstić information content (AvgIpc) is 3.34. The third-order valence-corrected chi connectivity index (χ3v) is 5.61. The van der Waals surface area contributed by atoms with Crippen molar-refractivity contribution in [2.45, 2.75) is 13.0 Å². The van der Waals surface area contributed by atoms with E-state index in [0.29, 0.717) is 12.4 Å². The number of aromatic nitrogens is 3. The van der Waals surface area contributed by atoms with Gasteiger partial charge in [-0.3, -0.25) is 4.99 Å². The fraction of sp³-hybridized carbons (Fsp3) is 0.143. The van der Waals surface area contributed by atoms with Gasteiger partial charge in [0.15, 0.2) is 5.82 Å². The number of nitrogens with one attached hydrogen (secondary N) is 1. The van der Waals surface area contributed by atoms with Crippen molar-refractivity contribution in [2.24, 2.45) is 4.99 Å². The number of hydrogen-bond donors (Lipinski definition) is 1. The molecular weight excluding hydrogens is 370 g/mol. The van der Waals surface area contributed by atoms with E-state index in [2.05, 4.69) is 32.4 Å². The fourth-order valence-corrected chi connectivity index (χ4v) is 4.20. The minimum atomic E-state index is 0.675. The number of thiazole rings is 1. The van der Waals surface area contributed by atoms with Crippen LogP contribution in [0.1, 0.15) is 21.7 Å². The molecule has 2 aromatic heterocycles. The van der Waals surface area contributed by atoms with Gasteiger partial charge in [-0.25, -0.2) is 15.0 Å². The molecule has 3 heterocycles. The molecule has 138 valence electrons. The summed E-state index contributed by atoms with van der Waals surface area (Å²) in [5.41, 5.74) is 5.09.